The minimum atomic E-state index is -0.634. The van der Waals surface area contributed by atoms with E-state index in [-0.39, 0.29) is 5.82 Å². The molecule has 0 amide bonds. The Morgan fingerprint density at radius 1 is 1.05 bits per heavy atom. The summed E-state index contributed by atoms with van der Waals surface area (Å²) in [6.45, 7) is 4.02. The van der Waals surface area contributed by atoms with Gasteiger partial charge in [0.2, 0.25) is 0 Å². The van der Waals surface area contributed by atoms with E-state index in [1.807, 2.05) is 12.3 Å². The number of imidazole rings is 1. The maximum atomic E-state index is 13.6. The number of nitrogen functional groups attached to an aromatic ring is 1. The second-order valence-corrected chi connectivity index (χ2v) is 10.1. The van der Waals surface area contributed by atoms with Crippen LogP contribution in [0.4, 0.5) is 15.9 Å². The van der Waals surface area contributed by atoms with E-state index in [1.54, 1.807) is 37.1 Å². The predicted octanol–water partition coefficient (Wildman–Crippen LogP) is 4.07. The molecule has 5 heterocycles. The van der Waals surface area contributed by atoms with Crippen molar-refractivity contribution in [1.29, 1.82) is 0 Å². The highest BCUT2D eigenvalue weighted by Crippen LogP contribution is 2.34. The van der Waals surface area contributed by atoms with E-state index in [9.17, 15) is 4.39 Å². The lowest BCUT2D eigenvalue weighted by Crippen LogP contribution is -2.52. The summed E-state index contributed by atoms with van der Waals surface area (Å²) in [7, 11) is 0. The molecule has 6 rings (SSSR count). The van der Waals surface area contributed by atoms with Crippen molar-refractivity contribution in [2.45, 2.75) is 38.3 Å². The number of aryl methyl sites for hydroxylation is 1. The molecule has 0 spiro atoms. The van der Waals surface area contributed by atoms with Gasteiger partial charge in [-0.05, 0) is 61.2 Å². The number of nitrogens with zero attached hydrogens (tertiary/aromatic N) is 7. The summed E-state index contributed by atoms with van der Waals surface area (Å²) in [6.07, 6.45) is 11.5. The van der Waals surface area contributed by atoms with Gasteiger partial charge in [0.05, 0.1) is 59.1 Å². The van der Waals surface area contributed by atoms with Crippen molar-refractivity contribution >= 4 is 22.5 Å². The molecule has 1 fully saturated rings. The van der Waals surface area contributed by atoms with Crippen LogP contribution in [0.1, 0.15) is 36.7 Å². The molecule has 0 unspecified atom stereocenters. The molecule has 1 atom stereocenters. The fourth-order valence-corrected chi connectivity index (χ4v) is 5.32. The molecule has 1 saturated heterocycles. The van der Waals surface area contributed by atoms with E-state index in [2.05, 4.69) is 37.4 Å². The number of benzene rings is 1. The number of aromatic nitrogens is 6. The Hall–Kier alpha value is -4.44. The highest BCUT2D eigenvalue weighted by Gasteiger charge is 2.36. The van der Waals surface area contributed by atoms with E-state index in [4.69, 9.17) is 21.4 Å². The fourth-order valence-electron chi connectivity index (χ4n) is 5.32. The summed E-state index contributed by atoms with van der Waals surface area (Å²) in [6, 6.07) is 10.3. The Balaban J connectivity index is 1.40. The average Bonchev–Trinajstić information content (AvgIpc) is 3.37. The molecule has 0 aliphatic carbocycles. The summed E-state index contributed by atoms with van der Waals surface area (Å²) in [4.78, 5) is 24.9. The van der Waals surface area contributed by atoms with Gasteiger partial charge in [0.15, 0.2) is 5.82 Å². The normalized spacial score (nSPS) is 17.6. The van der Waals surface area contributed by atoms with Crippen LogP contribution in [0.15, 0.2) is 67.5 Å². The van der Waals surface area contributed by atoms with Gasteiger partial charge in [-0.15, -0.1) is 0 Å². The molecule has 198 valence electrons. The van der Waals surface area contributed by atoms with E-state index in [1.165, 1.54) is 12.1 Å². The summed E-state index contributed by atoms with van der Waals surface area (Å²) < 4.78 is 15.7. The largest absolute Gasteiger partial charge is 0.382 e. The third kappa shape index (κ3) is 4.79. The Kier molecular flexibility index (Phi) is 6.40. The number of nitrogens with two attached hydrogens (primary N) is 2. The first kappa shape index (κ1) is 24.9. The van der Waals surface area contributed by atoms with E-state index >= 15 is 0 Å². The maximum Gasteiger partial charge on any atom is 0.151 e. The molecule has 4 N–H and O–H groups in total. The van der Waals surface area contributed by atoms with Gasteiger partial charge in [0, 0.05) is 31.0 Å². The topological polar surface area (TPSA) is 125 Å². The minimum absolute atomic E-state index is 0.283. The minimum Gasteiger partial charge on any atom is -0.382 e. The van der Waals surface area contributed by atoms with Gasteiger partial charge < -0.3 is 20.9 Å². The summed E-state index contributed by atoms with van der Waals surface area (Å²) in [5.41, 5.74) is 19.4. The smallest absolute Gasteiger partial charge is 0.151 e. The number of fused-ring (bicyclic) bond motifs is 1. The number of piperidine rings is 1. The van der Waals surface area contributed by atoms with Crippen LogP contribution in [-0.2, 0) is 18.5 Å². The number of hydrogen-bond donors (Lipinski definition) is 2. The lowest BCUT2D eigenvalue weighted by atomic mass is 9.86. The van der Waals surface area contributed by atoms with Gasteiger partial charge in [-0.1, -0.05) is 6.92 Å². The van der Waals surface area contributed by atoms with Crippen LogP contribution in [0, 0.1) is 5.82 Å². The molecule has 39 heavy (non-hydrogen) atoms. The van der Waals surface area contributed by atoms with Crippen molar-refractivity contribution in [2.75, 3.05) is 23.7 Å². The second kappa shape index (κ2) is 10.0. The second-order valence-electron chi connectivity index (χ2n) is 10.1. The van der Waals surface area contributed by atoms with Crippen molar-refractivity contribution in [3.8, 4) is 11.3 Å². The third-order valence-corrected chi connectivity index (χ3v) is 7.43. The van der Waals surface area contributed by atoms with Crippen LogP contribution in [0.2, 0.25) is 0 Å². The van der Waals surface area contributed by atoms with Crippen molar-refractivity contribution in [3.63, 3.8) is 0 Å². The lowest BCUT2D eigenvalue weighted by molar-refractivity contribution is 0.343. The molecule has 10 heteroatoms. The first-order chi connectivity index (χ1) is 18.9. The number of rotatable bonds is 6. The number of hydrogen-bond acceptors (Lipinski definition) is 8. The third-order valence-electron chi connectivity index (χ3n) is 7.43. The molecule has 1 aliphatic heterocycles. The van der Waals surface area contributed by atoms with Crippen molar-refractivity contribution in [3.05, 3.63) is 90.3 Å². The molecule has 0 bridgehead atoms. The van der Waals surface area contributed by atoms with Crippen LogP contribution < -0.4 is 16.4 Å². The summed E-state index contributed by atoms with van der Waals surface area (Å²) >= 11 is 0. The van der Waals surface area contributed by atoms with Gasteiger partial charge >= 0.3 is 0 Å². The molecule has 9 nitrogen and oxygen atoms in total. The molecule has 1 aromatic carbocycles. The highest BCUT2D eigenvalue weighted by atomic mass is 19.1. The van der Waals surface area contributed by atoms with Crippen LogP contribution in [0.5, 0.6) is 0 Å². The molecule has 0 radical (unpaired) electrons. The van der Waals surface area contributed by atoms with E-state index in [0.29, 0.717) is 24.4 Å². The highest BCUT2D eigenvalue weighted by molar-refractivity contribution is 5.84. The van der Waals surface area contributed by atoms with E-state index < -0.39 is 5.54 Å². The number of pyridine rings is 2. The Labute approximate surface area is 225 Å². The molecule has 0 saturated carbocycles. The predicted molar refractivity (Wildman–Crippen MR) is 149 cm³/mol. The van der Waals surface area contributed by atoms with Gasteiger partial charge in [0.25, 0.3) is 0 Å². The number of halogens is 1. The first-order valence-corrected chi connectivity index (χ1v) is 13.1. The monoisotopic (exact) mass is 523 g/mol. The standard InChI is InChI=1S/C29H30FN9/c1-2-22-13-33-15-26(37-22)29(32)9-3-11-38(17-29)25-14-35-23(19-4-6-21(30)7-5-19)12-20(25)16-39-18-36-27-24(39)8-10-34-28(27)31/h4-8,10,12-15,18H,2-3,9,11,16-17,32H2,1H3,(H2,31,34)/t29-/m1/s1. The molecular weight excluding hydrogens is 493 g/mol. The summed E-state index contributed by atoms with van der Waals surface area (Å²) in [5.74, 6) is 0.113. The first-order valence-electron chi connectivity index (χ1n) is 13.1. The van der Waals surface area contributed by atoms with Crippen molar-refractivity contribution in [1.82, 2.24) is 29.5 Å². The summed E-state index contributed by atoms with van der Waals surface area (Å²) in [5, 5.41) is 0. The fraction of sp³-hybridized carbons (Fsp3) is 0.276. The Morgan fingerprint density at radius 3 is 2.72 bits per heavy atom. The van der Waals surface area contributed by atoms with Gasteiger partial charge in [-0.25, -0.2) is 14.4 Å². The van der Waals surface area contributed by atoms with Crippen LogP contribution in [-0.4, -0.2) is 42.6 Å². The van der Waals surface area contributed by atoms with Gasteiger partial charge in [-0.2, -0.15) is 0 Å². The Morgan fingerprint density at radius 2 is 1.90 bits per heavy atom. The lowest BCUT2D eigenvalue weighted by Gasteiger charge is -2.41. The van der Waals surface area contributed by atoms with Crippen molar-refractivity contribution < 1.29 is 4.39 Å². The van der Waals surface area contributed by atoms with Crippen LogP contribution in [0.25, 0.3) is 22.3 Å². The zero-order valence-corrected chi connectivity index (χ0v) is 21.8. The average molecular weight is 524 g/mol. The molecular formula is C29H30FN9. The van der Waals surface area contributed by atoms with Gasteiger partial charge in [0.1, 0.15) is 11.3 Å². The Bertz CT molecular complexity index is 1630. The van der Waals surface area contributed by atoms with E-state index in [0.717, 1.165) is 65.2 Å². The molecule has 1 aliphatic rings. The van der Waals surface area contributed by atoms with Crippen LogP contribution in [0.3, 0.4) is 0 Å². The quantitative estimate of drug-likeness (QED) is 0.341. The molecule has 4 aromatic heterocycles. The SMILES string of the molecule is CCc1cncc([C@@]2(N)CCCN(c3cnc(-c4ccc(F)cc4)cc3Cn3cnc4c(N)nccc43)C2)n1. The molecule has 5 aromatic rings. The zero-order valence-electron chi connectivity index (χ0n) is 21.8. The maximum absolute atomic E-state index is 13.6. The zero-order chi connectivity index (χ0) is 27.0. The van der Waals surface area contributed by atoms with Crippen molar-refractivity contribution in [2.24, 2.45) is 5.73 Å². The number of anilines is 2. The van der Waals surface area contributed by atoms with Gasteiger partial charge in [-0.3, -0.25) is 15.0 Å². The van der Waals surface area contributed by atoms with Crippen LogP contribution >= 0.6 is 0 Å².